The van der Waals surface area contributed by atoms with Crippen LogP contribution in [0, 0.1) is 0 Å². The summed E-state index contributed by atoms with van der Waals surface area (Å²) in [5.74, 6) is -0.153. The molecule has 1 atom stereocenters. The minimum absolute atomic E-state index is 0.125. The monoisotopic (exact) mass is 267 g/mol. The zero-order valence-electron chi connectivity index (χ0n) is 11.3. The Hall–Kier alpha value is -2.62. The first-order valence-corrected chi connectivity index (χ1v) is 6.40. The summed E-state index contributed by atoms with van der Waals surface area (Å²) in [6.45, 7) is 1.90. The van der Waals surface area contributed by atoms with Crippen LogP contribution in [0.4, 0.5) is 5.69 Å². The summed E-state index contributed by atoms with van der Waals surface area (Å²) in [6.07, 6.45) is 4.97. The van der Waals surface area contributed by atoms with Gasteiger partial charge < -0.3 is 11.1 Å². The highest BCUT2D eigenvalue weighted by atomic mass is 16.1. The van der Waals surface area contributed by atoms with Crippen molar-refractivity contribution < 1.29 is 4.79 Å². The second-order valence-corrected chi connectivity index (χ2v) is 4.48. The Morgan fingerprint density at radius 2 is 2.00 bits per heavy atom. The lowest BCUT2D eigenvalue weighted by Gasteiger charge is -2.11. The summed E-state index contributed by atoms with van der Waals surface area (Å²) >= 11 is 0. The molecule has 1 amide bonds. The number of amides is 1. The molecule has 102 valence electrons. The number of nitrogens with two attached hydrogens (primary N) is 1. The normalized spacial score (nSPS) is 12.2. The Morgan fingerprint density at radius 3 is 2.65 bits per heavy atom. The Balaban J connectivity index is 1.94. The molecule has 0 saturated carbocycles. The van der Waals surface area contributed by atoms with E-state index in [-0.39, 0.29) is 11.9 Å². The molecule has 0 aliphatic heterocycles. The third-order valence-corrected chi connectivity index (χ3v) is 2.85. The first-order valence-electron chi connectivity index (χ1n) is 6.40. The van der Waals surface area contributed by atoms with Gasteiger partial charge in [-0.3, -0.25) is 9.78 Å². The van der Waals surface area contributed by atoms with E-state index in [0.29, 0.717) is 5.69 Å². The second-order valence-electron chi connectivity index (χ2n) is 4.48. The molecule has 1 aromatic heterocycles. The molecule has 0 spiro atoms. The smallest absolute Gasteiger partial charge is 0.244 e. The van der Waals surface area contributed by atoms with E-state index >= 15 is 0 Å². The molecular weight excluding hydrogens is 250 g/mol. The highest BCUT2D eigenvalue weighted by molar-refractivity contribution is 5.91. The van der Waals surface area contributed by atoms with Gasteiger partial charge in [0.2, 0.25) is 5.91 Å². The minimum atomic E-state index is -0.153. The molecular formula is C16H17N3O. The summed E-state index contributed by atoms with van der Waals surface area (Å²) in [6, 6.07) is 12.8. The molecule has 1 heterocycles. The van der Waals surface area contributed by atoms with Gasteiger partial charge in [0.25, 0.3) is 0 Å². The van der Waals surface area contributed by atoms with Crippen molar-refractivity contribution in [3.63, 3.8) is 0 Å². The standard InChI is InChI=1S/C16H17N3O/c1-12(15-4-2-3-11-18-15)19-16(20)10-7-13-5-8-14(17)9-6-13/h2-12H,17H2,1H3,(H,19,20)/b10-7+/t12-/m0/s1. The van der Waals surface area contributed by atoms with Crippen molar-refractivity contribution in [3.05, 3.63) is 66.0 Å². The Labute approximate surface area is 118 Å². The van der Waals surface area contributed by atoms with Crippen LogP contribution in [0.1, 0.15) is 24.2 Å². The zero-order valence-corrected chi connectivity index (χ0v) is 11.3. The minimum Gasteiger partial charge on any atom is -0.399 e. The van der Waals surface area contributed by atoms with Gasteiger partial charge in [0.1, 0.15) is 0 Å². The molecule has 1 aromatic carbocycles. The third-order valence-electron chi connectivity index (χ3n) is 2.85. The lowest BCUT2D eigenvalue weighted by atomic mass is 10.2. The van der Waals surface area contributed by atoms with E-state index in [9.17, 15) is 4.79 Å². The van der Waals surface area contributed by atoms with Crippen LogP contribution in [0.3, 0.4) is 0 Å². The van der Waals surface area contributed by atoms with E-state index in [4.69, 9.17) is 5.73 Å². The SMILES string of the molecule is C[C@H](NC(=O)/C=C/c1ccc(N)cc1)c1ccccn1. The maximum Gasteiger partial charge on any atom is 0.244 e. The van der Waals surface area contributed by atoms with Gasteiger partial charge in [0.05, 0.1) is 11.7 Å². The Kier molecular flexibility index (Phi) is 4.50. The summed E-state index contributed by atoms with van der Waals surface area (Å²) in [5.41, 5.74) is 8.07. The van der Waals surface area contributed by atoms with Crippen LogP contribution in [0.25, 0.3) is 6.08 Å². The van der Waals surface area contributed by atoms with E-state index in [1.807, 2.05) is 37.3 Å². The van der Waals surface area contributed by atoms with Crippen LogP contribution >= 0.6 is 0 Å². The number of aromatic nitrogens is 1. The fourth-order valence-electron chi connectivity index (χ4n) is 1.75. The van der Waals surface area contributed by atoms with E-state index in [0.717, 1.165) is 11.3 Å². The van der Waals surface area contributed by atoms with Gasteiger partial charge in [-0.2, -0.15) is 0 Å². The second kappa shape index (κ2) is 6.52. The number of carbonyl (C=O) groups excluding carboxylic acids is 1. The van der Waals surface area contributed by atoms with Crippen LogP contribution in [0.2, 0.25) is 0 Å². The van der Waals surface area contributed by atoms with E-state index in [1.54, 1.807) is 24.4 Å². The van der Waals surface area contributed by atoms with Crippen molar-refractivity contribution in [1.29, 1.82) is 0 Å². The summed E-state index contributed by atoms with van der Waals surface area (Å²) in [4.78, 5) is 16.0. The predicted octanol–water partition coefficient (Wildman–Crippen LogP) is 2.55. The topological polar surface area (TPSA) is 68.0 Å². The number of pyridine rings is 1. The fourth-order valence-corrected chi connectivity index (χ4v) is 1.75. The summed E-state index contributed by atoms with van der Waals surface area (Å²) < 4.78 is 0. The van der Waals surface area contributed by atoms with Crippen LogP contribution < -0.4 is 11.1 Å². The number of hydrogen-bond acceptors (Lipinski definition) is 3. The molecule has 20 heavy (non-hydrogen) atoms. The molecule has 0 aliphatic carbocycles. The highest BCUT2D eigenvalue weighted by Gasteiger charge is 2.07. The quantitative estimate of drug-likeness (QED) is 0.660. The molecule has 3 N–H and O–H groups in total. The number of rotatable bonds is 4. The van der Waals surface area contributed by atoms with Crippen LogP contribution in [0.15, 0.2) is 54.7 Å². The fraction of sp³-hybridized carbons (Fsp3) is 0.125. The molecule has 0 saturated heterocycles. The summed E-state index contributed by atoms with van der Waals surface area (Å²) in [7, 11) is 0. The average Bonchev–Trinajstić information content (AvgIpc) is 2.47. The Bertz CT molecular complexity index is 591. The van der Waals surface area contributed by atoms with Crippen molar-refractivity contribution in [2.45, 2.75) is 13.0 Å². The maximum absolute atomic E-state index is 11.8. The van der Waals surface area contributed by atoms with Gasteiger partial charge >= 0.3 is 0 Å². The molecule has 0 bridgehead atoms. The number of carbonyl (C=O) groups is 1. The molecule has 2 rings (SSSR count). The first-order chi connectivity index (χ1) is 9.65. The Morgan fingerprint density at radius 1 is 1.25 bits per heavy atom. The van der Waals surface area contributed by atoms with Crippen molar-refractivity contribution >= 4 is 17.7 Å². The largest absolute Gasteiger partial charge is 0.399 e. The predicted molar refractivity (Wildman–Crippen MR) is 80.7 cm³/mol. The first kappa shape index (κ1) is 13.8. The van der Waals surface area contributed by atoms with Gasteiger partial charge in [0, 0.05) is 18.0 Å². The molecule has 2 aromatic rings. The van der Waals surface area contributed by atoms with Crippen LogP contribution in [-0.4, -0.2) is 10.9 Å². The highest BCUT2D eigenvalue weighted by Crippen LogP contribution is 2.09. The van der Waals surface area contributed by atoms with E-state index in [1.165, 1.54) is 6.08 Å². The van der Waals surface area contributed by atoms with Gasteiger partial charge in [-0.05, 0) is 42.8 Å². The molecule has 0 fully saturated rings. The van der Waals surface area contributed by atoms with Crippen molar-refractivity contribution in [2.24, 2.45) is 0 Å². The van der Waals surface area contributed by atoms with Crippen molar-refractivity contribution in [1.82, 2.24) is 10.3 Å². The van der Waals surface area contributed by atoms with Crippen LogP contribution in [-0.2, 0) is 4.79 Å². The number of nitrogens with one attached hydrogen (secondary N) is 1. The molecule has 4 nitrogen and oxygen atoms in total. The van der Waals surface area contributed by atoms with E-state index < -0.39 is 0 Å². The number of nitrogens with zero attached hydrogens (tertiary/aromatic N) is 1. The summed E-state index contributed by atoms with van der Waals surface area (Å²) in [5, 5.41) is 2.86. The van der Waals surface area contributed by atoms with E-state index in [2.05, 4.69) is 10.3 Å². The van der Waals surface area contributed by atoms with Gasteiger partial charge in [0.15, 0.2) is 0 Å². The lowest BCUT2D eigenvalue weighted by Crippen LogP contribution is -2.25. The zero-order chi connectivity index (χ0) is 14.4. The maximum atomic E-state index is 11.8. The average molecular weight is 267 g/mol. The molecule has 0 radical (unpaired) electrons. The number of benzene rings is 1. The van der Waals surface area contributed by atoms with Crippen molar-refractivity contribution in [2.75, 3.05) is 5.73 Å². The lowest BCUT2D eigenvalue weighted by molar-refractivity contribution is -0.117. The van der Waals surface area contributed by atoms with Gasteiger partial charge in [-0.1, -0.05) is 18.2 Å². The number of hydrogen-bond donors (Lipinski definition) is 2. The van der Waals surface area contributed by atoms with Gasteiger partial charge in [-0.25, -0.2) is 0 Å². The van der Waals surface area contributed by atoms with Gasteiger partial charge in [-0.15, -0.1) is 0 Å². The third kappa shape index (κ3) is 3.95. The van der Waals surface area contributed by atoms with Crippen LogP contribution in [0.5, 0.6) is 0 Å². The number of nitrogen functional groups attached to an aromatic ring is 1. The molecule has 4 heteroatoms. The number of anilines is 1. The molecule has 0 aliphatic rings. The van der Waals surface area contributed by atoms with Crippen molar-refractivity contribution in [3.8, 4) is 0 Å². The molecule has 0 unspecified atom stereocenters.